The fourth-order valence-electron chi connectivity index (χ4n) is 4.88. The van der Waals surface area contributed by atoms with Crippen LogP contribution in [0.5, 0.6) is 0 Å². The number of hydrogen-bond acceptors (Lipinski definition) is 3. The van der Waals surface area contributed by atoms with E-state index in [9.17, 15) is 19.1 Å². The van der Waals surface area contributed by atoms with Crippen molar-refractivity contribution in [1.82, 2.24) is 4.90 Å². The van der Waals surface area contributed by atoms with E-state index in [4.69, 9.17) is 5.73 Å². The molecule has 2 aliphatic rings. The highest BCUT2D eigenvalue weighted by molar-refractivity contribution is 5.88. The number of carbonyl (C=O) groups is 2. The van der Waals surface area contributed by atoms with E-state index in [1.807, 2.05) is 11.9 Å². The lowest BCUT2D eigenvalue weighted by molar-refractivity contribution is -0.123. The highest BCUT2D eigenvalue weighted by Crippen LogP contribution is 2.46. The van der Waals surface area contributed by atoms with Crippen LogP contribution in [-0.2, 0) is 4.79 Å². The first-order valence-corrected chi connectivity index (χ1v) is 8.93. The van der Waals surface area contributed by atoms with Crippen LogP contribution in [0.3, 0.4) is 0 Å². The number of rotatable bonds is 4. The zero-order chi connectivity index (χ0) is 18.1. The summed E-state index contributed by atoms with van der Waals surface area (Å²) in [7, 11) is 1.84. The quantitative estimate of drug-likeness (QED) is 0.835. The lowest BCUT2D eigenvalue weighted by atomic mass is 9.70. The largest absolute Gasteiger partial charge is 0.478 e. The Bertz CT molecular complexity index is 679. The number of likely N-dealkylation sites (tertiary alicyclic amines) is 1. The third-order valence-corrected chi connectivity index (χ3v) is 5.93. The molecule has 1 saturated heterocycles. The third kappa shape index (κ3) is 3.71. The molecule has 1 unspecified atom stereocenters. The van der Waals surface area contributed by atoms with Crippen LogP contribution >= 0.6 is 12.4 Å². The van der Waals surface area contributed by atoms with Gasteiger partial charge in [0.15, 0.2) is 0 Å². The molecule has 1 aliphatic carbocycles. The average Bonchev–Trinajstić information content (AvgIpc) is 2.92. The van der Waals surface area contributed by atoms with Gasteiger partial charge in [-0.2, -0.15) is 0 Å². The van der Waals surface area contributed by atoms with Crippen LogP contribution in [0, 0.1) is 17.7 Å². The van der Waals surface area contributed by atoms with Crippen molar-refractivity contribution in [3.63, 3.8) is 0 Å². The molecule has 5 nitrogen and oxygen atoms in total. The molecule has 3 atom stereocenters. The van der Waals surface area contributed by atoms with Gasteiger partial charge in [0, 0.05) is 12.5 Å². The molecule has 0 bridgehead atoms. The topological polar surface area (TPSA) is 83.6 Å². The van der Waals surface area contributed by atoms with E-state index in [1.54, 1.807) is 12.1 Å². The van der Waals surface area contributed by atoms with Gasteiger partial charge in [-0.25, -0.2) is 9.18 Å². The molecule has 1 saturated carbocycles. The number of nitrogens with two attached hydrogens (primary N) is 1. The molecule has 0 aromatic heterocycles. The predicted molar refractivity (Wildman–Crippen MR) is 99.0 cm³/mol. The van der Waals surface area contributed by atoms with Crippen molar-refractivity contribution in [2.45, 2.75) is 44.1 Å². The van der Waals surface area contributed by atoms with E-state index < -0.39 is 17.8 Å². The van der Waals surface area contributed by atoms with Crippen LogP contribution in [0.15, 0.2) is 18.2 Å². The fraction of sp³-hybridized carbons (Fsp3) is 0.579. The van der Waals surface area contributed by atoms with Crippen LogP contribution < -0.4 is 5.73 Å². The lowest BCUT2D eigenvalue weighted by Gasteiger charge is -2.34. The summed E-state index contributed by atoms with van der Waals surface area (Å²) in [6.45, 7) is 0.509. The van der Waals surface area contributed by atoms with Crippen LogP contribution in [0.4, 0.5) is 4.39 Å². The summed E-state index contributed by atoms with van der Waals surface area (Å²) in [4.78, 5) is 25.3. The van der Waals surface area contributed by atoms with E-state index in [0.717, 1.165) is 25.7 Å². The van der Waals surface area contributed by atoms with Crippen molar-refractivity contribution < 1.29 is 19.1 Å². The SMILES string of the molecule is CN1CC(c2cccc(C(=O)O)c2F)[C@@H](C2CCCCC2)[C@H]1C(N)=O.Cl. The third-order valence-electron chi connectivity index (χ3n) is 5.93. The van der Waals surface area contributed by atoms with Crippen LogP contribution in [-0.4, -0.2) is 41.5 Å². The monoisotopic (exact) mass is 384 g/mol. The number of nitrogens with zero attached hydrogens (tertiary/aromatic N) is 1. The van der Waals surface area contributed by atoms with Gasteiger partial charge in [0.2, 0.25) is 5.91 Å². The average molecular weight is 385 g/mol. The molecule has 7 heteroatoms. The maximum atomic E-state index is 14.9. The van der Waals surface area contributed by atoms with Crippen LogP contribution in [0.25, 0.3) is 0 Å². The second-order valence-corrected chi connectivity index (χ2v) is 7.38. The second kappa shape index (κ2) is 8.35. The lowest BCUT2D eigenvalue weighted by Crippen LogP contribution is -2.44. The summed E-state index contributed by atoms with van der Waals surface area (Å²) in [6, 6.07) is 4.08. The number of likely N-dealkylation sites (N-methyl/N-ethyl adjacent to an activating group) is 1. The van der Waals surface area contributed by atoms with E-state index in [-0.39, 0.29) is 35.7 Å². The Kier molecular flexibility index (Phi) is 6.64. The summed E-state index contributed by atoms with van der Waals surface area (Å²) in [5, 5.41) is 9.22. The Balaban J connectivity index is 0.00000243. The molecule has 1 aromatic carbocycles. The Morgan fingerprint density at radius 3 is 2.46 bits per heavy atom. The number of amides is 1. The number of benzene rings is 1. The number of primary amides is 1. The van der Waals surface area contributed by atoms with Gasteiger partial charge < -0.3 is 10.8 Å². The van der Waals surface area contributed by atoms with Gasteiger partial charge in [-0.15, -0.1) is 12.4 Å². The minimum atomic E-state index is -1.27. The van der Waals surface area contributed by atoms with E-state index in [0.29, 0.717) is 18.0 Å². The Labute approximate surface area is 159 Å². The number of halogens is 2. The number of carboxylic acids is 1. The Morgan fingerprint density at radius 1 is 1.23 bits per heavy atom. The van der Waals surface area contributed by atoms with Gasteiger partial charge >= 0.3 is 5.97 Å². The summed E-state index contributed by atoms with van der Waals surface area (Å²) in [5.74, 6) is -2.30. The highest BCUT2D eigenvalue weighted by atomic mass is 35.5. The van der Waals surface area contributed by atoms with Gasteiger partial charge in [-0.1, -0.05) is 44.2 Å². The summed E-state index contributed by atoms with van der Waals surface area (Å²) >= 11 is 0. The van der Waals surface area contributed by atoms with Gasteiger partial charge in [0.05, 0.1) is 11.6 Å². The molecule has 0 radical (unpaired) electrons. The van der Waals surface area contributed by atoms with Crippen molar-refractivity contribution in [3.8, 4) is 0 Å². The molecular weight excluding hydrogens is 359 g/mol. The molecule has 1 heterocycles. The Morgan fingerprint density at radius 2 is 1.88 bits per heavy atom. The maximum absolute atomic E-state index is 14.9. The summed E-state index contributed by atoms with van der Waals surface area (Å²) < 4.78 is 14.9. The zero-order valence-corrected chi connectivity index (χ0v) is 15.7. The molecule has 26 heavy (non-hydrogen) atoms. The smallest absolute Gasteiger partial charge is 0.338 e. The first-order chi connectivity index (χ1) is 11.9. The van der Waals surface area contributed by atoms with Crippen molar-refractivity contribution in [2.75, 3.05) is 13.6 Å². The van der Waals surface area contributed by atoms with Gasteiger partial charge in [0.25, 0.3) is 0 Å². The van der Waals surface area contributed by atoms with Gasteiger partial charge in [-0.05, 0) is 30.5 Å². The van der Waals surface area contributed by atoms with Crippen molar-refractivity contribution in [1.29, 1.82) is 0 Å². The van der Waals surface area contributed by atoms with Gasteiger partial charge in [-0.3, -0.25) is 9.69 Å². The van der Waals surface area contributed by atoms with Crippen molar-refractivity contribution in [3.05, 3.63) is 35.1 Å². The van der Waals surface area contributed by atoms with Crippen LogP contribution in [0.2, 0.25) is 0 Å². The second-order valence-electron chi connectivity index (χ2n) is 7.38. The minimum absolute atomic E-state index is 0. The number of aromatic carboxylic acids is 1. The first-order valence-electron chi connectivity index (χ1n) is 8.93. The molecular formula is C19H26ClFN2O3. The van der Waals surface area contributed by atoms with Crippen molar-refractivity contribution in [2.24, 2.45) is 17.6 Å². The zero-order valence-electron chi connectivity index (χ0n) is 14.9. The highest BCUT2D eigenvalue weighted by Gasteiger charge is 2.48. The van der Waals surface area contributed by atoms with E-state index >= 15 is 0 Å². The minimum Gasteiger partial charge on any atom is -0.478 e. The number of carboxylic acid groups (broad SMARTS) is 1. The summed E-state index contributed by atoms with van der Waals surface area (Å²) in [6.07, 6.45) is 5.44. The molecule has 1 aromatic rings. The van der Waals surface area contributed by atoms with Gasteiger partial charge in [0.1, 0.15) is 5.82 Å². The molecule has 2 fully saturated rings. The van der Waals surface area contributed by atoms with E-state index in [2.05, 4.69) is 0 Å². The predicted octanol–water partition coefficient (Wildman–Crippen LogP) is 3.03. The molecule has 0 spiro atoms. The maximum Gasteiger partial charge on any atom is 0.338 e. The molecule has 3 N–H and O–H groups in total. The number of carbonyl (C=O) groups excluding carboxylic acids is 1. The fourth-order valence-corrected chi connectivity index (χ4v) is 4.88. The van der Waals surface area contributed by atoms with Crippen molar-refractivity contribution >= 4 is 24.3 Å². The number of hydrogen-bond donors (Lipinski definition) is 2. The molecule has 144 valence electrons. The Hall–Kier alpha value is -1.66. The normalized spacial score (nSPS) is 27.1. The summed E-state index contributed by atoms with van der Waals surface area (Å²) in [5.41, 5.74) is 5.75. The van der Waals surface area contributed by atoms with E-state index in [1.165, 1.54) is 12.5 Å². The standard InChI is InChI=1S/C19H25FN2O3.ClH/c1-22-10-14(12-8-5-9-13(16(12)20)19(24)25)15(17(22)18(21)23)11-6-3-2-4-7-11;/h5,8-9,11,14-15,17H,2-4,6-7,10H2,1H3,(H2,21,23)(H,24,25);1H/t14?,15-,17+;/m1./s1. The first kappa shape index (κ1) is 20.6. The molecule has 1 aliphatic heterocycles. The molecule has 1 amide bonds. The van der Waals surface area contributed by atoms with Crippen LogP contribution in [0.1, 0.15) is 53.9 Å². The molecule has 3 rings (SSSR count).